The second kappa shape index (κ2) is 12.0. The van der Waals surface area contributed by atoms with Crippen molar-refractivity contribution in [3.8, 4) is 11.4 Å². The Morgan fingerprint density at radius 2 is 1.54 bits per heavy atom. The van der Waals surface area contributed by atoms with Crippen molar-refractivity contribution in [1.82, 2.24) is 19.8 Å². The number of hydrogen-bond donors (Lipinski definition) is 1. The number of primary amides is 1. The summed E-state index contributed by atoms with van der Waals surface area (Å²) in [4.78, 5) is 28.7. The molecule has 35 heavy (non-hydrogen) atoms. The highest BCUT2D eigenvalue weighted by Gasteiger charge is 2.25. The van der Waals surface area contributed by atoms with Crippen LogP contribution in [0.15, 0.2) is 18.2 Å². The SMILES string of the molecule is Cc1cccc(C)c1-c1nc(C)c(CN(CC(C)C)CC(C)C)c(N2CCN(CC(N)=O)CC2)n1. The smallest absolute Gasteiger partial charge is 0.231 e. The maximum Gasteiger partial charge on any atom is 0.231 e. The molecule has 7 nitrogen and oxygen atoms in total. The number of rotatable bonds is 10. The van der Waals surface area contributed by atoms with E-state index in [-0.39, 0.29) is 5.91 Å². The van der Waals surface area contributed by atoms with E-state index in [9.17, 15) is 4.79 Å². The van der Waals surface area contributed by atoms with Crippen molar-refractivity contribution in [3.05, 3.63) is 40.6 Å². The third-order valence-electron chi connectivity index (χ3n) is 6.58. The molecule has 1 fully saturated rings. The summed E-state index contributed by atoms with van der Waals surface area (Å²) in [7, 11) is 0. The van der Waals surface area contributed by atoms with E-state index < -0.39 is 0 Å². The van der Waals surface area contributed by atoms with Gasteiger partial charge in [-0.05, 0) is 43.7 Å². The summed E-state index contributed by atoms with van der Waals surface area (Å²) in [6.07, 6.45) is 0. The molecule has 1 aromatic heterocycles. The Morgan fingerprint density at radius 3 is 2.06 bits per heavy atom. The average Bonchev–Trinajstić information content (AvgIpc) is 2.74. The summed E-state index contributed by atoms with van der Waals surface area (Å²) >= 11 is 0. The summed E-state index contributed by atoms with van der Waals surface area (Å²) in [5.74, 6) is 2.74. The summed E-state index contributed by atoms with van der Waals surface area (Å²) in [5, 5.41) is 0. The number of benzene rings is 1. The number of anilines is 1. The maximum atomic E-state index is 11.4. The lowest BCUT2D eigenvalue weighted by molar-refractivity contribution is -0.119. The second-order valence-corrected chi connectivity index (χ2v) is 10.9. The van der Waals surface area contributed by atoms with E-state index in [2.05, 4.69) is 81.4 Å². The standard InChI is InChI=1S/C28H44N6O/c1-19(2)15-33(16-20(3)4)17-24-23(7)30-27(26-21(5)9-8-10-22(26)6)31-28(24)34-13-11-32(12-14-34)18-25(29)35/h8-10,19-20H,11-18H2,1-7H3,(H2,29,35). The van der Waals surface area contributed by atoms with Crippen LogP contribution in [0.2, 0.25) is 0 Å². The molecular formula is C28H44N6O. The van der Waals surface area contributed by atoms with Gasteiger partial charge in [-0.3, -0.25) is 14.6 Å². The molecule has 0 radical (unpaired) electrons. The lowest BCUT2D eigenvalue weighted by atomic mass is 10.0. The number of carbonyl (C=O) groups excluding carboxylic acids is 1. The third-order valence-corrected chi connectivity index (χ3v) is 6.58. The number of piperazine rings is 1. The van der Waals surface area contributed by atoms with Crippen LogP contribution in [0.4, 0.5) is 5.82 Å². The van der Waals surface area contributed by atoms with Crippen LogP contribution in [0, 0.1) is 32.6 Å². The summed E-state index contributed by atoms with van der Waals surface area (Å²) in [6.45, 7) is 22.0. The van der Waals surface area contributed by atoms with Gasteiger partial charge in [0.05, 0.1) is 6.54 Å². The molecule has 7 heteroatoms. The van der Waals surface area contributed by atoms with Gasteiger partial charge in [0, 0.05) is 62.6 Å². The summed E-state index contributed by atoms with van der Waals surface area (Å²) < 4.78 is 0. The molecule has 1 aromatic carbocycles. The minimum Gasteiger partial charge on any atom is -0.369 e. The first-order valence-corrected chi connectivity index (χ1v) is 13.0. The number of nitrogens with two attached hydrogens (primary N) is 1. The zero-order valence-corrected chi connectivity index (χ0v) is 22.8. The molecule has 1 amide bonds. The maximum absolute atomic E-state index is 11.4. The van der Waals surface area contributed by atoms with Crippen LogP contribution >= 0.6 is 0 Å². The van der Waals surface area contributed by atoms with E-state index in [0.29, 0.717) is 18.4 Å². The lowest BCUT2D eigenvalue weighted by Crippen LogP contribution is -2.49. The normalized spacial score (nSPS) is 15.0. The summed E-state index contributed by atoms with van der Waals surface area (Å²) in [6, 6.07) is 6.35. The van der Waals surface area contributed by atoms with Crippen LogP contribution in [0.1, 0.15) is 50.1 Å². The van der Waals surface area contributed by atoms with Crippen molar-refractivity contribution in [2.75, 3.05) is 50.7 Å². The van der Waals surface area contributed by atoms with Gasteiger partial charge in [0.2, 0.25) is 5.91 Å². The molecule has 192 valence electrons. The van der Waals surface area contributed by atoms with Gasteiger partial charge in [-0.15, -0.1) is 0 Å². The number of nitrogens with zero attached hydrogens (tertiary/aromatic N) is 5. The van der Waals surface area contributed by atoms with E-state index in [1.54, 1.807) is 0 Å². The topological polar surface area (TPSA) is 78.6 Å². The van der Waals surface area contributed by atoms with Gasteiger partial charge in [0.1, 0.15) is 5.82 Å². The molecule has 0 aliphatic carbocycles. The molecular weight excluding hydrogens is 436 g/mol. The fourth-order valence-corrected chi connectivity index (χ4v) is 5.10. The molecule has 2 heterocycles. The van der Waals surface area contributed by atoms with Crippen LogP contribution in [-0.4, -0.2) is 71.5 Å². The van der Waals surface area contributed by atoms with Gasteiger partial charge in [0.15, 0.2) is 5.82 Å². The highest BCUT2D eigenvalue weighted by Crippen LogP contribution is 2.30. The molecule has 0 spiro atoms. The second-order valence-electron chi connectivity index (χ2n) is 10.9. The van der Waals surface area contributed by atoms with Crippen molar-refractivity contribution in [3.63, 3.8) is 0 Å². The van der Waals surface area contributed by atoms with Gasteiger partial charge < -0.3 is 10.6 Å². The fraction of sp³-hybridized carbons (Fsp3) is 0.607. The molecule has 2 N–H and O–H groups in total. The van der Waals surface area contributed by atoms with Crippen LogP contribution < -0.4 is 10.6 Å². The zero-order chi connectivity index (χ0) is 25.7. The Bertz CT molecular complexity index is 980. The van der Waals surface area contributed by atoms with Crippen molar-refractivity contribution in [2.45, 2.75) is 55.0 Å². The van der Waals surface area contributed by atoms with E-state index in [1.807, 2.05) is 0 Å². The highest BCUT2D eigenvalue weighted by atomic mass is 16.1. The quantitative estimate of drug-likeness (QED) is 0.557. The number of aryl methyl sites for hydroxylation is 3. The van der Waals surface area contributed by atoms with Crippen LogP contribution in [0.3, 0.4) is 0 Å². The van der Waals surface area contributed by atoms with Crippen LogP contribution in [0.25, 0.3) is 11.4 Å². The van der Waals surface area contributed by atoms with Gasteiger partial charge in [0.25, 0.3) is 0 Å². The Kier molecular flexibility index (Phi) is 9.25. The first-order chi connectivity index (χ1) is 16.5. The molecule has 0 atom stereocenters. The lowest BCUT2D eigenvalue weighted by Gasteiger charge is -2.37. The first-order valence-electron chi connectivity index (χ1n) is 13.0. The number of carbonyl (C=O) groups is 1. The fourth-order valence-electron chi connectivity index (χ4n) is 5.10. The zero-order valence-electron chi connectivity index (χ0n) is 22.8. The van der Waals surface area contributed by atoms with Crippen molar-refractivity contribution >= 4 is 11.7 Å². The first kappa shape index (κ1) is 27.1. The summed E-state index contributed by atoms with van der Waals surface area (Å²) in [5.41, 5.74) is 11.2. The van der Waals surface area contributed by atoms with Gasteiger partial charge in [-0.2, -0.15) is 0 Å². The number of aromatic nitrogens is 2. The molecule has 1 saturated heterocycles. The molecule has 2 aromatic rings. The molecule has 0 unspecified atom stereocenters. The molecule has 1 aliphatic rings. The van der Waals surface area contributed by atoms with Crippen LogP contribution in [-0.2, 0) is 11.3 Å². The minimum atomic E-state index is -0.271. The van der Waals surface area contributed by atoms with E-state index in [4.69, 9.17) is 15.7 Å². The van der Waals surface area contributed by atoms with Crippen molar-refractivity contribution in [2.24, 2.45) is 17.6 Å². The number of hydrogen-bond acceptors (Lipinski definition) is 6. The molecule has 0 saturated carbocycles. The Hall–Kier alpha value is -2.51. The molecule has 3 rings (SSSR count). The molecule has 1 aliphatic heterocycles. The third kappa shape index (κ3) is 7.24. The molecule has 0 bridgehead atoms. The van der Waals surface area contributed by atoms with E-state index >= 15 is 0 Å². The minimum absolute atomic E-state index is 0.271. The largest absolute Gasteiger partial charge is 0.369 e. The highest BCUT2D eigenvalue weighted by molar-refractivity contribution is 5.76. The van der Waals surface area contributed by atoms with Gasteiger partial charge in [-0.1, -0.05) is 45.9 Å². The van der Waals surface area contributed by atoms with Crippen molar-refractivity contribution in [1.29, 1.82) is 0 Å². The Morgan fingerprint density at radius 1 is 0.971 bits per heavy atom. The van der Waals surface area contributed by atoms with E-state index in [1.165, 1.54) is 16.7 Å². The Labute approximate surface area is 211 Å². The van der Waals surface area contributed by atoms with Gasteiger partial charge in [-0.25, -0.2) is 9.97 Å². The Balaban J connectivity index is 2.02. The van der Waals surface area contributed by atoms with Gasteiger partial charge >= 0.3 is 0 Å². The average molecular weight is 481 g/mol. The monoisotopic (exact) mass is 480 g/mol. The predicted molar refractivity (Wildman–Crippen MR) is 144 cm³/mol. The number of amides is 1. The van der Waals surface area contributed by atoms with E-state index in [0.717, 1.165) is 68.7 Å². The van der Waals surface area contributed by atoms with Crippen molar-refractivity contribution < 1.29 is 4.79 Å². The predicted octanol–water partition coefficient (Wildman–Crippen LogP) is 3.79. The van der Waals surface area contributed by atoms with Crippen LogP contribution in [0.5, 0.6) is 0 Å².